The van der Waals surface area contributed by atoms with E-state index in [9.17, 15) is 9.50 Å². The summed E-state index contributed by atoms with van der Waals surface area (Å²) in [7, 11) is 0. The van der Waals surface area contributed by atoms with Gasteiger partial charge in [0.25, 0.3) is 0 Å². The third-order valence-electron chi connectivity index (χ3n) is 4.31. The van der Waals surface area contributed by atoms with E-state index in [1.165, 1.54) is 17.2 Å². The molecule has 0 amide bonds. The lowest BCUT2D eigenvalue weighted by Crippen LogP contribution is -2.16. The summed E-state index contributed by atoms with van der Waals surface area (Å²) in [6, 6.07) is 11.7. The topological polar surface area (TPSA) is 20.2 Å². The van der Waals surface area contributed by atoms with Gasteiger partial charge in [-0.25, -0.2) is 4.39 Å². The average molecular weight is 270 g/mol. The van der Waals surface area contributed by atoms with Gasteiger partial charge in [-0.15, -0.1) is 0 Å². The average Bonchev–Trinajstić information content (AvgIpc) is 2.81. The van der Waals surface area contributed by atoms with E-state index in [1.807, 2.05) is 32.0 Å². The molecule has 0 aromatic heterocycles. The molecule has 1 nitrogen and oxygen atoms in total. The van der Waals surface area contributed by atoms with Crippen molar-refractivity contribution in [2.45, 2.75) is 32.8 Å². The molecule has 0 aliphatic heterocycles. The predicted octanol–water partition coefficient (Wildman–Crippen LogP) is 3.89. The van der Waals surface area contributed by atoms with Gasteiger partial charge < -0.3 is 5.11 Å². The van der Waals surface area contributed by atoms with E-state index in [1.54, 1.807) is 0 Å². The number of hydrogen-bond donors (Lipinski definition) is 1. The molecule has 0 saturated carbocycles. The third kappa shape index (κ3) is 2.25. The molecule has 0 fully saturated rings. The van der Waals surface area contributed by atoms with Crippen molar-refractivity contribution in [3.63, 3.8) is 0 Å². The van der Waals surface area contributed by atoms with Crippen LogP contribution in [0.25, 0.3) is 0 Å². The Morgan fingerprint density at radius 3 is 2.25 bits per heavy atom. The Balaban J connectivity index is 1.90. The number of aliphatic hydroxyl groups excluding tert-OH is 1. The molecule has 1 N–H and O–H groups in total. The van der Waals surface area contributed by atoms with Crippen LogP contribution in [0, 0.1) is 25.6 Å². The molecule has 1 aliphatic carbocycles. The second-order valence-electron chi connectivity index (χ2n) is 5.86. The van der Waals surface area contributed by atoms with Crippen LogP contribution in [-0.2, 0) is 12.8 Å². The van der Waals surface area contributed by atoms with E-state index in [4.69, 9.17) is 0 Å². The lowest BCUT2D eigenvalue weighted by Gasteiger charge is -2.21. The van der Waals surface area contributed by atoms with E-state index in [2.05, 4.69) is 12.1 Å². The molecule has 2 aromatic carbocycles. The first kappa shape index (κ1) is 13.3. The Hall–Kier alpha value is -1.67. The Morgan fingerprint density at radius 1 is 1.10 bits per heavy atom. The van der Waals surface area contributed by atoms with Crippen LogP contribution in [-0.4, -0.2) is 5.11 Å². The number of fused-ring (bicyclic) bond motifs is 1. The second-order valence-corrected chi connectivity index (χ2v) is 5.86. The summed E-state index contributed by atoms with van der Waals surface area (Å²) in [5, 5.41) is 10.6. The van der Waals surface area contributed by atoms with Crippen molar-refractivity contribution in [1.82, 2.24) is 0 Å². The Kier molecular flexibility index (Phi) is 3.35. The SMILES string of the molecule is Cc1cc(C)c(C(O)C2Cc3ccccc3C2)c(F)c1. The van der Waals surface area contributed by atoms with E-state index < -0.39 is 6.10 Å². The number of hydrogen-bond acceptors (Lipinski definition) is 1. The maximum absolute atomic E-state index is 14.2. The molecular formula is C18H19FO. The first-order valence-electron chi connectivity index (χ1n) is 7.07. The highest BCUT2D eigenvalue weighted by Gasteiger charge is 2.30. The number of benzene rings is 2. The van der Waals surface area contributed by atoms with Gasteiger partial charge in [-0.3, -0.25) is 0 Å². The van der Waals surface area contributed by atoms with Crippen molar-refractivity contribution in [1.29, 1.82) is 0 Å². The van der Waals surface area contributed by atoms with Gasteiger partial charge in [0, 0.05) is 5.56 Å². The van der Waals surface area contributed by atoms with Crippen molar-refractivity contribution in [3.05, 3.63) is 70.0 Å². The largest absolute Gasteiger partial charge is 0.388 e. The van der Waals surface area contributed by atoms with Crippen LogP contribution in [0.2, 0.25) is 0 Å². The second kappa shape index (κ2) is 5.02. The lowest BCUT2D eigenvalue weighted by molar-refractivity contribution is 0.109. The van der Waals surface area contributed by atoms with Crippen molar-refractivity contribution in [2.24, 2.45) is 5.92 Å². The van der Waals surface area contributed by atoms with Crippen LogP contribution < -0.4 is 0 Å². The molecule has 104 valence electrons. The third-order valence-corrected chi connectivity index (χ3v) is 4.31. The summed E-state index contributed by atoms with van der Waals surface area (Å²) in [6.07, 6.45) is 0.914. The molecule has 1 atom stereocenters. The summed E-state index contributed by atoms with van der Waals surface area (Å²) >= 11 is 0. The molecule has 0 saturated heterocycles. The number of aliphatic hydroxyl groups is 1. The molecule has 0 spiro atoms. The van der Waals surface area contributed by atoms with E-state index >= 15 is 0 Å². The number of aryl methyl sites for hydroxylation is 2. The van der Waals surface area contributed by atoms with Gasteiger partial charge in [0.1, 0.15) is 5.82 Å². The van der Waals surface area contributed by atoms with Crippen molar-refractivity contribution < 1.29 is 9.50 Å². The van der Waals surface area contributed by atoms with Gasteiger partial charge in [0.2, 0.25) is 0 Å². The molecule has 0 radical (unpaired) electrons. The quantitative estimate of drug-likeness (QED) is 0.877. The Morgan fingerprint density at radius 2 is 1.70 bits per heavy atom. The first-order valence-corrected chi connectivity index (χ1v) is 7.07. The summed E-state index contributed by atoms with van der Waals surface area (Å²) in [5.41, 5.74) is 4.76. The summed E-state index contributed by atoms with van der Waals surface area (Å²) in [5.74, 6) is -0.214. The molecule has 3 rings (SSSR count). The number of halogens is 1. The fraction of sp³-hybridized carbons (Fsp3) is 0.333. The standard InChI is InChI=1S/C18H19FO/c1-11-7-12(2)17(16(19)8-11)18(20)15-9-13-5-3-4-6-14(13)10-15/h3-8,15,18,20H,9-10H2,1-2H3. The van der Waals surface area contributed by atoms with Gasteiger partial charge in [-0.1, -0.05) is 30.3 Å². The van der Waals surface area contributed by atoms with Gasteiger partial charge in [0.15, 0.2) is 0 Å². The fourth-order valence-electron chi connectivity index (χ4n) is 3.35. The lowest BCUT2D eigenvalue weighted by atomic mass is 9.89. The molecule has 0 bridgehead atoms. The van der Waals surface area contributed by atoms with Crippen molar-refractivity contribution >= 4 is 0 Å². The molecule has 2 aromatic rings. The highest BCUT2D eigenvalue weighted by molar-refractivity contribution is 5.37. The van der Waals surface area contributed by atoms with Gasteiger partial charge in [0.05, 0.1) is 6.10 Å². The molecule has 2 heteroatoms. The van der Waals surface area contributed by atoms with Crippen LogP contribution in [0.4, 0.5) is 4.39 Å². The van der Waals surface area contributed by atoms with Crippen LogP contribution >= 0.6 is 0 Å². The van der Waals surface area contributed by atoms with E-state index in [0.29, 0.717) is 5.56 Å². The molecule has 0 heterocycles. The van der Waals surface area contributed by atoms with Gasteiger partial charge >= 0.3 is 0 Å². The van der Waals surface area contributed by atoms with Crippen LogP contribution in [0.5, 0.6) is 0 Å². The highest BCUT2D eigenvalue weighted by atomic mass is 19.1. The number of rotatable bonds is 2. The van der Waals surface area contributed by atoms with Gasteiger partial charge in [-0.05, 0) is 60.9 Å². The predicted molar refractivity (Wildman–Crippen MR) is 78.2 cm³/mol. The highest BCUT2D eigenvalue weighted by Crippen LogP contribution is 2.37. The minimum absolute atomic E-state index is 0.0725. The van der Waals surface area contributed by atoms with E-state index in [0.717, 1.165) is 24.0 Å². The summed E-state index contributed by atoms with van der Waals surface area (Å²) in [4.78, 5) is 0. The first-order chi connectivity index (χ1) is 9.56. The molecule has 1 unspecified atom stereocenters. The minimum Gasteiger partial charge on any atom is -0.388 e. The molecular weight excluding hydrogens is 251 g/mol. The zero-order chi connectivity index (χ0) is 14.3. The molecule has 20 heavy (non-hydrogen) atoms. The monoisotopic (exact) mass is 270 g/mol. The zero-order valence-corrected chi connectivity index (χ0v) is 11.9. The minimum atomic E-state index is -0.733. The maximum atomic E-state index is 14.2. The van der Waals surface area contributed by atoms with E-state index in [-0.39, 0.29) is 11.7 Å². The van der Waals surface area contributed by atoms with Crippen molar-refractivity contribution in [3.8, 4) is 0 Å². The van der Waals surface area contributed by atoms with Crippen LogP contribution in [0.1, 0.15) is 33.9 Å². The van der Waals surface area contributed by atoms with Crippen LogP contribution in [0.15, 0.2) is 36.4 Å². The Bertz CT molecular complexity index is 600. The Labute approximate surface area is 119 Å². The van der Waals surface area contributed by atoms with Crippen LogP contribution in [0.3, 0.4) is 0 Å². The summed E-state index contributed by atoms with van der Waals surface area (Å²) in [6.45, 7) is 3.74. The fourth-order valence-corrected chi connectivity index (χ4v) is 3.35. The normalized spacial score (nSPS) is 16.2. The van der Waals surface area contributed by atoms with Gasteiger partial charge in [-0.2, -0.15) is 0 Å². The van der Waals surface area contributed by atoms with Crippen molar-refractivity contribution in [2.75, 3.05) is 0 Å². The zero-order valence-electron chi connectivity index (χ0n) is 11.9. The molecule has 1 aliphatic rings. The maximum Gasteiger partial charge on any atom is 0.129 e. The summed E-state index contributed by atoms with van der Waals surface area (Å²) < 4.78 is 14.2. The smallest absolute Gasteiger partial charge is 0.129 e.